The number of hydrogen-bond acceptors (Lipinski definition) is 2. The lowest BCUT2D eigenvalue weighted by atomic mass is 9.96. The summed E-state index contributed by atoms with van der Waals surface area (Å²) in [6.07, 6.45) is -3.15. The van der Waals surface area contributed by atoms with Crippen LogP contribution >= 0.6 is 0 Å². The highest BCUT2D eigenvalue weighted by Gasteiger charge is 2.34. The lowest BCUT2D eigenvalue weighted by Gasteiger charge is -2.10. The van der Waals surface area contributed by atoms with Gasteiger partial charge in [0.1, 0.15) is 0 Å². The molecule has 0 spiro atoms. The number of rotatable bonds is 3. The molecule has 0 aliphatic heterocycles. The topological polar surface area (TPSA) is 29.1 Å². The molecular formula is C15H16F3NO. The molecule has 1 aliphatic carbocycles. The van der Waals surface area contributed by atoms with E-state index < -0.39 is 11.7 Å². The Morgan fingerprint density at radius 3 is 2.60 bits per heavy atom. The van der Waals surface area contributed by atoms with E-state index in [-0.39, 0.29) is 11.7 Å². The van der Waals surface area contributed by atoms with Crippen LogP contribution in [0, 0.1) is 5.92 Å². The second-order valence-corrected chi connectivity index (χ2v) is 4.86. The highest BCUT2D eigenvalue weighted by atomic mass is 19.4. The standard InChI is InChI=1S/C15H16F3NO/c1-3-9-8-12(19-2)13(14(9)20)10-5-4-6-11(7-10)15(16,17)18/h4-7,9,19H,3,8H2,1-2H3. The number of alkyl halides is 3. The Labute approximate surface area is 115 Å². The largest absolute Gasteiger partial charge is 0.416 e. The molecule has 0 fully saturated rings. The van der Waals surface area contributed by atoms with Crippen molar-refractivity contribution in [2.45, 2.75) is 25.9 Å². The molecule has 0 heterocycles. The average molecular weight is 283 g/mol. The van der Waals surface area contributed by atoms with Crippen LogP contribution in [0.15, 0.2) is 30.0 Å². The quantitative estimate of drug-likeness (QED) is 0.917. The molecule has 1 aliphatic rings. The highest BCUT2D eigenvalue weighted by molar-refractivity contribution is 6.24. The normalized spacial score (nSPS) is 19.6. The van der Waals surface area contributed by atoms with Crippen LogP contribution in [-0.2, 0) is 11.0 Å². The predicted molar refractivity (Wildman–Crippen MR) is 70.8 cm³/mol. The summed E-state index contributed by atoms with van der Waals surface area (Å²) in [5.41, 5.74) is 0.724. The van der Waals surface area contributed by atoms with E-state index in [2.05, 4.69) is 5.32 Å². The van der Waals surface area contributed by atoms with E-state index in [0.29, 0.717) is 24.0 Å². The van der Waals surface area contributed by atoms with Gasteiger partial charge in [0.05, 0.1) is 5.56 Å². The third-order valence-electron chi connectivity index (χ3n) is 3.64. The zero-order valence-electron chi connectivity index (χ0n) is 11.3. The van der Waals surface area contributed by atoms with Crippen LogP contribution in [0.4, 0.5) is 13.2 Å². The summed E-state index contributed by atoms with van der Waals surface area (Å²) in [7, 11) is 1.69. The van der Waals surface area contributed by atoms with Gasteiger partial charge in [-0.15, -0.1) is 0 Å². The molecule has 0 radical (unpaired) electrons. The zero-order chi connectivity index (χ0) is 14.9. The summed E-state index contributed by atoms with van der Waals surface area (Å²) in [4.78, 5) is 12.3. The van der Waals surface area contributed by atoms with E-state index in [4.69, 9.17) is 0 Å². The maximum Gasteiger partial charge on any atom is 0.416 e. The molecule has 0 amide bonds. The van der Waals surface area contributed by atoms with Gasteiger partial charge in [0.15, 0.2) is 5.78 Å². The van der Waals surface area contributed by atoms with Gasteiger partial charge in [0.2, 0.25) is 0 Å². The summed E-state index contributed by atoms with van der Waals surface area (Å²) < 4.78 is 38.3. The first-order valence-electron chi connectivity index (χ1n) is 6.51. The predicted octanol–water partition coefficient (Wildman–Crippen LogP) is 3.63. The molecule has 1 aromatic carbocycles. The highest BCUT2D eigenvalue weighted by Crippen LogP contribution is 2.37. The second-order valence-electron chi connectivity index (χ2n) is 4.86. The van der Waals surface area contributed by atoms with Crippen LogP contribution in [0.2, 0.25) is 0 Å². The number of carbonyl (C=O) groups is 1. The van der Waals surface area contributed by atoms with Crippen molar-refractivity contribution in [3.63, 3.8) is 0 Å². The first kappa shape index (κ1) is 14.6. The summed E-state index contributed by atoms with van der Waals surface area (Å²) in [5, 5.41) is 2.94. The smallest absolute Gasteiger partial charge is 0.391 e. The number of halogens is 3. The van der Waals surface area contributed by atoms with Crippen molar-refractivity contribution in [1.82, 2.24) is 5.32 Å². The Morgan fingerprint density at radius 2 is 2.05 bits per heavy atom. The number of benzene rings is 1. The molecule has 1 unspecified atom stereocenters. The molecule has 2 rings (SSSR count). The fraction of sp³-hybridized carbons (Fsp3) is 0.400. The Bertz CT molecular complexity index is 560. The third kappa shape index (κ3) is 2.57. The minimum Gasteiger partial charge on any atom is -0.391 e. The molecule has 2 nitrogen and oxygen atoms in total. The van der Waals surface area contributed by atoms with Crippen LogP contribution in [0.5, 0.6) is 0 Å². The van der Waals surface area contributed by atoms with Crippen molar-refractivity contribution in [3.05, 3.63) is 41.1 Å². The monoisotopic (exact) mass is 283 g/mol. The van der Waals surface area contributed by atoms with Crippen molar-refractivity contribution in [2.24, 2.45) is 5.92 Å². The van der Waals surface area contributed by atoms with Crippen LogP contribution in [-0.4, -0.2) is 12.8 Å². The van der Waals surface area contributed by atoms with Gasteiger partial charge in [-0.25, -0.2) is 0 Å². The van der Waals surface area contributed by atoms with Crippen LogP contribution in [0.3, 0.4) is 0 Å². The van der Waals surface area contributed by atoms with Crippen molar-refractivity contribution >= 4 is 11.4 Å². The molecule has 20 heavy (non-hydrogen) atoms. The summed E-state index contributed by atoms with van der Waals surface area (Å²) in [6.45, 7) is 1.91. The fourth-order valence-corrected chi connectivity index (χ4v) is 2.52. The molecule has 108 valence electrons. The van der Waals surface area contributed by atoms with E-state index in [0.717, 1.165) is 17.8 Å². The molecule has 1 aromatic rings. The van der Waals surface area contributed by atoms with Crippen molar-refractivity contribution < 1.29 is 18.0 Å². The van der Waals surface area contributed by atoms with Crippen molar-refractivity contribution in [1.29, 1.82) is 0 Å². The Hall–Kier alpha value is -1.78. The number of carbonyl (C=O) groups excluding carboxylic acids is 1. The summed E-state index contributed by atoms with van der Waals surface area (Å²) in [5.74, 6) is -0.210. The molecule has 0 bridgehead atoms. The Morgan fingerprint density at radius 1 is 1.35 bits per heavy atom. The van der Waals surface area contributed by atoms with Gasteiger partial charge in [-0.3, -0.25) is 4.79 Å². The van der Waals surface area contributed by atoms with Gasteiger partial charge >= 0.3 is 6.18 Å². The van der Waals surface area contributed by atoms with Gasteiger partial charge in [-0.05, 0) is 30.5 Å². The first-order valence-corrected chi connectivity index (χ1v) is 6.51. The van der Waals surface area contributed by atoms with Crippen LogP contribution in [0.25, 0.3) is 5.57 Å². The van der Waals surface area contributed by atoms with E-state index in [1.807, 2.05) is 6.92 Å². The molecule has 0 saturated heterocycles. The molecule has 0 saturated carbocycles. The van der Waals surface area contributed by atoms with Crippen LogP contribution < -0.4 is 5.32 Å². The molecule has 0 aromatic heterocycles. The third-order valence-corrected chi connectivity index (χ3v) is 3.64. The number of hydrogen-bond donors (Lipinski definition) is 1. The number of ketones is 1. The van der Waals surface area contributed by atoms with Crippen molar-refractivity contribution in [3.8, 4) is 0 Å². The summed E-state index contributed by atoms with van der Waals surface area (Å²) >= 11 is 0. The average Bonchev–Trinajstić information content (AvgIpc) is 2.74. The van der Waals surface area contributed by atoms with Crippen molar-refractivity contribution in [2.75, 3.05) is 7.05 Å². The summed E-state index contributed by atoms with van der Waals surface area (Å²) in [6, 6.07) is 4.95. The van der Waals surface area contributed by atoms with Gasteiger partial charge in [0, 0.05) is 24.2 Å². The molecule has 5 heteroatoms. The number of nitrogens with one attached hydrogen (secondary N) is 1. The minimum absolute atomic E-state index is 0.0730. The fourth-order valence-electron chi connectivity index (χ4n) is 2.52. The van der Waals surface area contributed by atoms with Gasteiger partial charge in [0.25, 0.3) is 0 Å². The number of Topliss-reactive ketones (excluding diaryl/α,β-unsaturated/α-hetero) is 1. The van der Waals surface area contributed by atoms with E-state index in [1.54, 1.807) is 13.1 Å². The van der Waals surface area contributed by atoms with E-state index in [9.17, 15) is 18.0 Å². The maximum absolute atomic E-state index is 12.8. The molecule has 1 atom stereocenters. The number of allylic oxidation sites excluding steroid dienone is 2. The lowest BCUT2D eigenvalue weighted by molar-refractivity contribution is -0.137. The molecular weight excluding hydrogens is 267 g/mol. The van der Waals surface area contributed by atoms with E-state index >= 15 is 0 Å². The SMILES string of the molecule is CCC1CC(NC)=C(c2cccc(C(F)(F)F)c2)C1=O. The Kier molecular flexibility index (Phi) is 3.88. The Balaban J connectivity index is 2.47. The molecule has 1 N–H and O–H groups in total. The second kappa shape index (κ2) is 5.31. The minimum atomic E-state index is -4.40. The van der Waals surface area contributed by atoms with Gasteiger partial charge < -0.3 is 5.32 Å². The lowest BCUT2D eigenvalue weighted by Crippen LogP contribution is -2.10. The van der Waals surface area contributed by atoms with Crippen LogP contribution in [0.1, 0.15) is 30.9 Å². The maximum atomic E-state index is 12.8. The van der Waals surface area contributed by atoms with Gasteiger partial charge in [-0.2, -0.15) is 13.2 Å². The first-order chi connectivity index (χ1) is 9.38. The zero-order valence-corrected chi connectivity index (χ0v) is 11.3. The van der Waals surface area contributed by atoms with E-state index in [1.165, 1.54) is 6.07 Å². The van der Waals surface area contributed by atoms with Gasteiger partial charge in [-0.1, -0.05) is 19.1 Å².